The molecule has 0 amide bonds. The lowest BCUT2D eigenvalue weighted by Gasteiger charge is -2.20. The van der Waals surface area contributed by atoms with E-state index in [2.05, 4.69) is 23.4 Å². The largest absolute Gasteiger partial charge is 0.490 e. The number of thioether (sulfide) groups is 1. The molecular formula is C7H8OS3. The van der Waals surface area contributed by atoms with Gasteiger partial charge in [0, 0.05) is 16.5 Å². The molecule has 4 heteroatoms. The number of ether oxygens (including phenoxy) is 1. The van der Waals surface area contributed by atoms with Crippen LogP contribution in [0.1, 0.15) is 0 Å². The van der Waals surface area contributed by atoms with E-state index in [-0.39, 0.29) is 0 Å². The fourth-order valence-electron chi connectivity index (χ4n) is 0.951. The van der Waals surface area contributed by atoms with Gasteiger partial charge in [-0.2, -0.15) is 12.6 Å². The molecule has 2 rings (SSSR count). The second kappa shape index (κ2) is 3.29. The topological polar surface area (TPSA) is 9.23 Å². The van der Waals surface area contributed by atoms with Crippen molar-refractivity contribution in [3.05, 3.63) is 10.8 Å². The van der Waals surface area contributed by atoms with Crippen molar-refractivity contribution in [2.45, 2.75) is 10.1 Å². The highest BCUT2D eigenvalue weighted by Crippen LogP contribution is 2.39. The molecular weight excluding hydrogens is 196 g/mol. The first kappa shape index (κ1) is 7.83. The minimum atomic E-state index is 0.528. The third-order valence-corrected chi connectivity index (χ3v) is 4.28. The van der Waals surface area contributed by atoms with Crippen molar-refractivity contribution in [3.63, 3.8) is 0 Å². The molecule has 2 heterocycles. The van der Waals surface area contributed by atoms with Gasteiger partial charge in [0.05, 0.1) is 10.1 Å². The van der Waals surface area contributed by atoms with E-state index in [1.807, 2.05) is 11.8 Å². The van der Waals surface area contributed by atoms with Crippen LogP contribution < -0.4 is 4.74 Å². The second-order valence-electron chi connectivity index (χ2n) is 2.33. The van der Waals surface area contributed by atoms with Gasteiger partial charge < -0.3 is 4.74 Å². The number of hydrogen-bond donors (Lipinski definition) is 1. The van der Waals surface area contributed by atoms with Gasteiger partial charge in [-0.25, -0.2) is 0 Å². The van der Waals surface area contributed by atoms with Crippen molar-refractivity contribution in [2.75, 3.05) is 12.4 Å². The van der Waals surface area contributed by atoms with E-state index in [4.69, 9.17) is 4.74 Å². The quantitative estimate of drug-likeness (QED) is 0.704. The number of thiol groups is 1. The maximum Gasteiger partial charge on any atom is 0.143 e. The molecule has 60 valence electrons. The molecule has 1 aromatic rings. The summed E-state index contributed by atoms with van der Waals surface area (Å²) in [6, 6.07) is 0. The van der Waals surface area contributed by atoms with Crippen LogP contribution in [0.25, 0.3) is 0 Å². The van der Waals surface area contributed by atoms with Crippen molar-refractivity contribution >= 4 is 35.7 Å². The Bertz CT molecular complexity index is 246. The number of hydrogen-bond acceptors (Lipinski definition) is 4. The maximum atomic E-state index is 5.51. The van der Waals surface area contributed by atoms with E-state index in [1.54, 1.807) is 11.3 Å². The second-order valence-corrected chi connectivity index (χ2v) is 4.78. The highest BCUT2D eigenvalue weighted by Gasteiger charge is 2.19. The lowest BCUT2D eigenvalue weighted by atomic mass is 10.5. The Kier molecular flexibility index (Phi) is 2.34. The summed E-state index contributed by atoms with van der Waals surface area (Å²) in [7, 11) is 0. The molecule has 1 atom stereocenters. The smallest absolute Gasteiger partial charge is 0.143 e. The van der Waals surface area contributed by atoms with Gasteiger partial charge in [-0.05, 0) is 0 Å². The van der Waals surface area contributed by atoms with Gasteiger partial charge >= 0.3 is 0 Å². The molecule has 1 nitrogen and oxygen atoms in total. The number of thiophene rings is 1. The first-order valence-electron chi connectivity index (χ1n) is 3.36. The molecule has 1 aliphatic rings. The van der Waals surface area contributed by atoms with Crippen molar-refractivity contribution in [1.29, 1.82) is 0 Å². The van der Waals surface area contributed by atoms with Crippen molar-refractivity contribution in [3.8, 4) is 5.75 Å². The van der Waals surface area contributed by atoms with Crippen LogP contribution in [0.5, 0.6) is 5.75 Å². The minimum Gasteiger partial charge on any atom is -0.490 e. The Morgan fingerprint density at radius 3 is 3.36 bits per heavy atom. The Balaban J connectivity index is 2.18. The Morgan fingerprint density at radius 1 is 1.64 bits per heavy atom. The molecule has 0 saturated heterocycles. The highest BCUT2D eigenvalue weighted by molar-refractivity contribution is 8.01. The minimum absolute atomic E-state index is 0.528. The first-order valence-corrected chi connectivity index (χ1v) is 5.82. The molecule has 0 spiro atoms. The molecule has 11 heavy (non-hydrogen) atoms. The van der Waals surface area contributed by atoms with E-state index in [9.17, 15) is 0 Å². The van der Waals surface area contributed by atoms with Crippen LogP contribution >= 0.6 is 35.7 Å². The predicted molar refractivity (Wildman–Crippen MR) is 53.3 cm³/mol. The van der Waals surface area contributed by atoms with Crippen LogP contribution in [0.15, 0.2) is 15.7 Å². The lowest BCUT2D eigenvalue weighted by Crippen LogP contribution is -2.19. The van der Waals surface area contributed by atoms with E-state index in [1.165, 1.54) is 4.90 Å². The molecule has 1 unspecified atom stereocenters. The Labute approximate surface area is 79.6 Å². The number of rotatable bonds is 1. The van der Waals surface area contributed by atoms with Gasteiger partial charge in [0.2, 0.25) is 0 Å². The zero-order chi connectivity index (χ0) is 7.68. The average Bonchev–Trinajstić information content (AvgIpc) is 2.50. The van der Waals surface area contributed by atoms with Gasteiger partial charge in [0.25, 0.3) is 0 Å². The molecule has 0 aliphatic carbocycles. The summed E-state index contributed by atoms with van der Waals surface area (Å²) in [6.07, 6.45) is 0. The molecule has 0 saturated carbocycles. The summed E-state index contributed by atoms with van der Waals surface area (Å²) in [5.74, 6) is 1.94. The molecule has 1 aromatic heterocycles. The van der Waals surface area contributed by atoms with Gasteiger partial charge in [0.15, 0.2) is 0 Å². The summed E-state index contributed by atoms with van der Waals surface area (Å²) in [4.78, 5) is 1.28. The summed E-state index contributed by atoms with van der Waals surface area (Å²) in [5.41, 5.74) is 0. The van der Waals surface area contributed by atoms with Crippen molar-refractivity contribution < 1.29 is 4.74 Å². The van der Waals surface area contributed by atoms with Crippen LogP contribution in [-0.2, 0) is 0 Å². The summed E-state index contributed by atoms with van der Waals surface area (Å²) >= 11 is 7.81. The Morgan fingerprint density at radius 2 is 2.55 bits per heavy atom. The van der Waals surface area contributed by atoms with Crippen molar-refractivity contribution in [1.82, 2.24) is 0 Å². The van der Waals surface area contributed by atoms with Gasteiger partial charge in [-0.1, -0.05) is 0 Å². The van der Waals surface area contributed by atoms with Crippen LogP contribution in [0, 0.1) is 0 Å². The van der Waals surface area contributed by atoms with E-state index < -0.39 is 0 Å². The normalized spacial score (nSPS) is 22.5. The van der Waals surface area contributed by atoms with Crippen molar-refractivity contribution in [2.24, 2.45) is 0 Å². The summed E-state index contributed by atoms with van der Waals surface area (Å²) in [6.45, 7) is 0.803. The maximum absolute atomic E-state index is 5.51. The number of fused-ring (bicyclic) bond motifs is 1. The average molecular weight is 204 g/mol. The zero-order valence-corrected chi connectivity index (χ0v) is 8.35. The molecule has 0 radical (unpaired) electrons. The standard InChI is InChI=1S/C7H8OS3/c9-2-5-1-8-6-3-10-4-7(6)11-5/h3-5,9H,1-2H2. The molecule has 0 aromatic carbocycles. The van der Waals surface area contributed by atoms with E-state index in [0.717, 1.165) is 18.1 Å². The molecule has 0 N–H and O–H groups in total. The summed E-state index contributed by atoms with van der Waals surface area (Å²) in [5, 5.41) is 4.72. The SMILES string of the molecule is SCC1COc2cscc2S1. The lowest BCUT2D eigenvalue weighted by molar-refractivity contribution is 0.311. The van der Waals surface area contributed by atoms with E-state index >= 15 is 0 Å². The fraction of sp³-hybridized carbons (Fsp3) is 0.429. The van der Waals surface area contributed by atoms with Gasteiger partial charge in [0.1, 0.15) is 12.4 Å². The summed E-state index contributed by atoms with van der Waals surface area (Å²) < 4.78 is 5.51. The predicted octanol–water partition coefficient (Wildman–Crippen LogP) is 2.53. The van der Waals surface area contributed by atoms with Crippen LogP contribution in [0.4, 0.5) is 0 Å². The van der Waals surface area contributed by atoms with Crippen LogP contribution in [-0.4, -0.2) is 17.6 Å². The fourth-order valence-corrected chi connectivity index (χ4v) is 3.17. The van der Waals surface area contributed by atoms with E-state index in [0.29, 0.717) is 5.25 Å². The third kappa shape index (κ3) is 1.53. The van der Waals surface area contributed by atoms with Gasteiger partial charge in [-0.3, -0.25) is 0 Å². The highest BCUT2D eigenvalue weighted by atomic mass is 32.2. The monoisotopic (exact) mass is 204 g/mol. The third-order valence-electron chi connectivity index (χ3n) is 1.52. The molecule has 0 fully saturated rings. The molecule has 0 bridgehead atoms. The first-order chi connectivity index (χ1) is 5.40. The Hall–Kier alpha value is 0.200. The molecule has 1 aliphatic heterocycles. The van der Waals surface area contributed by atoms with Gasteiger partial charge in [-0.15, -0.1) is 23.1 Å². The van der Waals surface area contributed by atoms with Crippen LogP contribution in [0.2, 0.25) is 0 Å². The zero-order valence-electron chi connectivity index (χ0n) is 5.82. The van der Waals surface area contributed by atoms with Crippen LogP contribution in [0.3, 0.4) is 0 Å².